The second-order valence-electron chi connectivity index (χ2n) is 3.48. The van der Waals surface area contributed by atoms with E-state index < -0.39 is 4.92 Å². The molecular weight excluding hydrogens is 194 g/mol. The highest BCUT2D eigenvalue weighted by atomic mass is 16.6. The summed E-state index contributed by atoms with van der Waals surface area (Å²) in [5.41, 5.74) is 6.60. The van der Waals surface area contributed by atoms with Crippen molar-refractivity contribution >= 4 is 11.4 Å². The Kier molecular flexibility index (Phi) is 3.62. The van der Waals surface area contributed by atoms with Crippen molar-refractivity contribution in [3.8, 4) is 0 Å². The number of anilines is 1. The van der Waals surface area contributed by atoms with Crippen molar-refractivity contribution in [2.75, 3.05) is 19.3 Å². The molecule has 15 heavy (non-hydrogen) atoms. The summed E-state index contributed by atoms with van der Waals surface area (Å²) in [4.78, 5) is 12.3. The fraction of sp³-hybridized carbons (Fsp3) is 0.400. The maximum absolute atomic E-state index is 10.6. The Morgan fingerprint density at radius 2 is 2.20 bits per heavy atom. The van der Waals surface area contributed by atoms with Crippen LogP contribution in [0.4, 0.5) is 11.4 Å². The predicted octanol–water partition coefficient (Wildman–Crippen LogP) is 1.63. The van der Waals surface area contributed by atoms with Gasteiger partial charge in [-0.1, -0.05) is 13.0 Å². The van der Waals surface area contributed by atoms with Crippen LogP contribution in [-0.4, -0.2) is 23.4 Å². The van der Waals surface area contributed by atoms with E-state index in [2.05, 4.69) is 4.90 Å². The number of hydrogen-bond acceptors (Lipinski definition) is 4. The van der Waals surface area contributed by atoms with E-state index in [0.29, 0.717) is 6.54 Å². The SMILES string of the molecule is CCN(C)Cc1ccc(N)c([N+](=O)[O-])c1. The van der Waals surface area contributed by atoms with Gasteiger partial charge in [0.1, 0.15) is 5.69 Å². The van der Waals surface area contributed by atoms with Gasteiger partial charge >= 0.3 is 0 Å². The molecule has 0 aliphatic heterocycles. The fourth-order valence-corrected chi connectivity index (χ4v) is 1.27. The van der Waals surface area contributed by atoms with Crippen molar-refractivity contribution in [1.29, 1.82) is 0 Å². The van der Waals surface area contributed by atoms with Gasteiger partial charge in [0.05, 0.1) is 4.92 Å². The zero-order chi connectivity index (χ0) is 11.4. The molecule has 0 radical (unpaired) electrons. The average molecular weight is 209 g/mol. The number of rotatable bonds is 4. The first-order valence-electron chi connectivity index (χ1n) is 4.76. The number of nitrogens with two attached hydrogens (primary N) is 1. The van der Waals surface area contributed by atoms with Gasteiger partial charge in [-0.25, -0.2) is 0 Å². The van der Waals surface area contributed by atoms with Crippen LogP contribution in [-0.2, 0) is 6.54 Å². The molecule has 0 aliphatic rings. The topological polar surface area (TPSA) is 72.4 Å². The third-order valence-corrected chi connectivity index (χ3v) is 2.28. The Labute approximate surface area is 88.6 Å². The second-order valence-corrected chi connectivity index (χ2v) is 3.48. The first kappa shape index (κ1) is 11.5. The zero-order valence-corrected chi connectivity index (χ0v) is 8.93. The lowest BCUT2D eigenvalue weighted by atomic mass is 10.1. The molecule has 0 aromatic heterocycles. The van der Waals surface area contributed by atoms with Gasteiger partial charge in [-0.15, -0.1) is 0 Å². The molecule has 2 N–H and O–H groups in total. The molecule has 0 heterocycles. The third kappa shape index (κ3) is 2.92. The number of hydrogen-bond donors (Lipinski definition) is 1. The molecule has 0 saturated carbocycles. The van der Waals surface area contributed by atoms with Gasteiger partial charge in [-0.05, 0) is 25.2 Å². The van der Waals surface area contributed by atoms with Crippen molar-refractivity contribution in [1.82, 2.24) is 4.90 Å². The molecule has 5 nitrogen and oxygen atoms in total. The Bertz CT molecular complexity index is 366. The van der Waals surface area contributed by atoms with Gasteiger partial charge in [0.2, 0.25) is 0 Å². The van der Waals surface area contributed by atoms with Crippen LogP contribution < -0.4 is 5.73 Å². The third-order valence-electron chi connectivity index (χ3n) is 2.28. The quantitative estimate of drug-likeness (QED) is 0.464. The molecule has 0 saturated heterocycles. The van der Waals surface area contributed by atoms with E-state index in [1.54, 1.807) is 6.07 Å². The van der Waals surface area contributed by atoms with E-state index in [0.717, 1.165) is 12.1 Å². The molecular formula is C10H15N3O2. The molecule has 5 heteroatoms. The van der Waals surface area contributed by atoms with Crippen LogP contribution in [0, 0.1) is 10.1 Å². The molecule has 0 amide bonds. The normalized spacial score (nSPS) is 10.6. The number of nitro benzene ring substituents is 1. The second kappa shape index (κ2) is 4.75. The van der Waals surface area contributed by atoms with E-state index in [1.807, 2.05) is 20.0 Å². The van der Waals surface area contributed by atoms with Gasteiger partial charge < -0.3 is 10.6 Å². The summed E-state index contributed by atoms with van der Waals surface area (Å²) in [6, 6.07) is 4.92. The first-order valence-corrected chi connectivity index (χ1v) is 4.76. The minimum absolute atomic E-state index is 0.0167. The molecule has 0 unspecified atom stereocenters. The minimum Gasteiger partial charge on any atom is -0.393 e. The smallest absolute Gasteiger partial charge is 0.292 e. The van der Waals surface area contributed by atoms with E-state index in [1.165, 1.54) is 6.07 Å². The van der Waals surface area contributed by atoms with Crippen LogP contribution in [0.15, 0.2) is 18.2 Å². The van der Waals surface area contributed by atoms with Crippen LogP contribution in [0.1, 0.15) is 12.5 Å². The van der Waals surface area contributed by atoms with Gasteiger partial charge in [0, 0.05) is 12.6 Å². The summed E-state index contributed by atoms with van der Waals surface area (Å²) in [6.07, 6.45) is 0. The lowest BCUT2D eigenvalue weighted by Gasteiger charge is -2.13. The number of nitro groups is 1. The summed E-state index contributed by atoms with van der Waals surface area (Å²) in [6.45, 7) is 3.63. The Morgan fingerprint density at radius 3 is 2.73 bits per heavy atom. The standard InChI is InChI=1S/C10H15N3O2/c1-3-12(2)7-8-4-5-9(11)10(6-8)13(14)15/h4-6H,3,7,11H2,1-2H3. The summed E-state index contributed by atoms with van der Waals surface area (Å²) in [5, 5.41) is 10.6. The van der Waals surface area contributed by atoms with E-state index >= 15 is 0 Å². The van der Waals surface area contributed by atoms with Gasteiger partial charge in [0.25, 0.3) is 5.69 Å². The number of benzene rings is 1. The first-order chi connectivity index (χ1) is 7.04. The van der Waals surface area contributed by atoms with Crippen molar-refractivity contribution < 1.29 is 4.92 Å². The van der Waals surface area contributed by atoms with Gasteiger partial charge in [-0.3, -0.25) is 10.1 Å². The van der Waals surface area contributed by atoms with Crippen LogP contribution in [0.5, 0.6) is 0 Å². The lowest BCUT2D eigenvalue weighted by Crippen LogP contribution is -2.16. The van der Waals surface area contributed by atoms with Crippen LogP contribution in [0.2, 0.25) is 0 Å². The minimum atomic E-state index is -0.454. The molecule has 0 bridgehead atoms. The number of nitrogens with zero attached hydrogens (tertiary/aromatic N) is 2. The van der Waals surface area contributed by atoms with Gasteiger partial charge in [0.15, 0.2) is 0 Å². The average Bonchev–Trinajstić information content (AvgIpc) is 2.20. The molecule has 0 aliphatic carbocycles. The maximum Gasteiger partial charge on any atom is 0.292 e. The fourth-order valence-electron chi connectivity index (χ4n) is 1.27. The largest absolute Gasteiger partial charge is 0.393 e. The monoisotopic (exact) mass is 209 g/mol. The Balaban J connectivity index is 2.92. The van der Waals surface area contributed by atoms with Crippen molar-refractivity contribution in [2.24, 2.45) is 0 Å². The molecule has 1 rings (SSSR count). The van der Waals surface area contributed by atoms with Crippen LogP contribution in [0.25, 0.3) is 0 Å². The van der Waals surface area contributed by atoms with Gasteiger partial charge in [-0.2, -0.15) is 0 Å². The van der Waals surface area contributed by atoms with Crippen molar-refractivity contribution in [3.05, 3.63) is 33.9 Å². The summed E-state index contributed by atoms with van der Waals surface area (Å²) >= 11 is 0. The lowest BCUT2D eigenvalue weighted by molar-refractivity contribution is -0.384. The van der Waals surface area contributed by atoms with Crippen LogP contribution >= 0.6 is 0 Å². The van der Waals surface area contributed by atoms with E-state index in [4.69, 9.17) is 5.73 Å². The van der Waals surface area contributed by atoms with Crippen molar-refractivity contribution in [2.45, 2.75) is 13.5 Å². The van der Waals surface area contributed by atoms with Crippen molar-refractivity contribution in [3.63, 3.8) is 0 Å². The molecule has 82 valence electrons. The summed E-state index contributed by atoms with van der Waals surface area (Å²) < 4.78 is 0. The highest BCUT2D eigenvalue weighted by Gasteiger charge is 2.12. The zero-order valence-electron chi connectivity index (χ0n) is 8.93. The summed E-state index contributed by atoms with van der Waals surface area (Å²) in [7, 11) is 1.96. The van der Waals surface area contributed by atoms with E-state index in [-0.39, 0.29) is 11.4 Å². The Morgan fingerprint density at radius 1 is 1.53 bits per heavy atom. The highest BCUT2D eigenvalue weighted by molar-refractivity contribution is 5.59. The molecule has 0 spiro atoms. The molecule has 1 aromatic carbocycles. The van der Waals surface area contributed by atoms with E-state index in [9.17, 15) is 10.1 Å². The summed E-state index contributed by atoms with van der Waals surface area (Å²) in [5.74, 6) is 0. The molecule has 0 atom stereocenters. The number of nitrogen functional groups attached to an aromatic ring is 1. The molecule has 1 aromatic rings. The predicted molar refractivity (Wildman–Crippen MR) is 59.5 cm³/mol. The molecule has 0 fully saturated rings. The highest BCUT2D eigenvalue weighted by Crippen LogP contribution is 2.22. The Hall–Kier alpha value is -1.62. The maximum atomic E-state index is 10.6. The van der Waals surface area contributed by atoms with Crippen LogP contribution in [0.3, 0.4) is 0 Å².